The summed E-state index contributed by atoms with van der Waals surface area (Å²) < 4.78 is 0. The molecule has 0 atom stereocenters. The van der Waals surface area contributed by atoms with Gasteiger partial charge in [0.2, 0.25) is 0 Å². The first-order valence-corrected chi connectivity index (χ1v) is 7.18. The lowest BCUT2D eigenvalue weighted by molar-refractivity contribution is 0.0955. The van der Waals surface area contributed by atoms with Crippen molar-refractivity contribution >= 4 is 34.5 Å². The fourth-order valence-electron chi connectivity index (χ4n) is 2.15. The van der Waals surface area contributed by atoms with Gasteiger partial charge in [0, 0.05) is 10.6 Å². The lowest BCUT2D eigenvalue weighted by atomic mass is 10.1. The van der Waals surface area contributed by atoms with Crippen LogP contribution in [0, 0.1) is 0 Å². The van der Waals surface area contributed by atoms with E-state index < -0.39 is 0 Å². The summed E-state index contributed by atoms with van der Waals surface area (Å²) in [5.41, 5.74) is 3.92. The largest absolute Gasteiger partial charge is 0.271 e. The number of nitrogens with zero attached hydrogens (tertiary/aromatic N) is 1. The van der Waals surface area contributed by atoms with Crippen molar-refractivity contribution < 1.29 is 4.79 Å². The van der Waals surface area contributed by atoms with E-state index in [1.807, 2.05) is 48.5 Å². The maximum Gasteiger partial charge on any atom is 0.271 e. The monoisotopic (exact) mass is 308 g/mol. The van der Waals surface area contributed by atoms with E-state index in [2.05, 4.69) is 10.5 Å². The highest BCUT2D eigenvalue weighted by Gasteiger charge is 2.04. The third-order valence-corrected chi connectivity index (χ3v) is 3.48. The van der Waals surface area contributed by atoms with Gasteiger partial charge in [-0.1, -0.05) is 54.1 Å². The Kier molecular flexibility index (Phi) is 4.17. The molecular formula is C18H13ClN2O. The molecule has 0 saturated carbocycles. The number of nitrogens with one attached hydrogen (secondary N) is 1. The molecule has 3 aromatic rings. The number of hydrogen-bond donors (Lipinski definition) is 1. The van der Waals surface area contributed by atoms with Crippen molar-refractivity contribution in [2.45, 2.75) is 0 Å². The van der Waals surface area contributed by atoms with Gasteiger partial charge in [0.1, 0.15) is 0 Å². The molecule has 3 rings (SSSR count). The summed E-state index contributed by atoms with van der Waals surface area (Å²) in [7, 11) is 0. The van der Waals surface area contributed by atoms with Crippen LogP contribution >= 0.6 is 11.6 Å². The molecule has 0 bridgehead atoms. The molecule has 4 heteroatoms. The van der Waals surface area contributed by atoms with Crippen molar-refractivity contribution in [2.24, 2.45) is 5.10 Å². The standard InChI is InChI=1S/C18H13ClN2O/c19-17-7-3-4-13(10-17)12-20-21-18(22)16-9-8-14-5-1-2-6-15(14)11-16/h1-12H,(H,21,22)/b20-12-. The Morgan fingerprint density at radius 3 is 2.59 bits per heavy atom. The normalized spacial score (nSPS) is 11.0. The van der Waals surface area contributed by atoms with Gasteiger partial charge in [-0.05, 0) is 40.6 Å². The maximum atomic E-state index is 12.1. The summed E-state index contributed by atoms with van der Waals surface area (Å²) in [5, 5.41) is 6.71. The zero-order valence-electron chi connectivity index (χ0n) is 11.7. The number of benzene rings is 3. The van der Waals surface area contributed by atoms with Gasteiger partial charge < -0.3 is 0 Å². The number of amides is 1. The van der Waals surface area contributed by atoms with Gasteiger partial charge in [-0.3, -0.25) is 4.79 Å². The lowest BCUT2D eigenvalue weighted by Crippen LogP contribution is -2.17. The molecule has 0 aliphatic heterocycles. The topological polar surface area (TPSA) is 41.5 Å². The molecule has 0 fully saturated rings. The third-order valence-electron chi connectivity index (χ3n) is 3.24. The number of hydrogen-bond acceptors (Lipinski definition) is 2. The lowest BCUT2D eigenvalue weighted by Gasteiger charge is -2.02. The van der Waals surface area contributed by atoms with Crippen molar-refractivity contribution in [3.05, 3.63) is 82.9 Å². The molecule has 0 aliphatic rings. The molecule has 0 radical (unpaired) electrons. The van der Waals surface area contributed by atoms with Gasteiger partial charge in [0.15, 0.2) is 0 Å². The number of rotatable bonds is 3. The quantitative estimate of drug-likeness (QED) is 0.570. The molecule has 0 heterocycles. The van der Waals surface area contributed by atoms with Crippen LogP contribution in [-0.4, -0.2) is 12.1 Å². The van der Waals surface area contributed by atoms with E-state index in [1.54, 1.807) is 24.4 Å². The van der Waals surface area contributed by atoms with Gasteiger partial charge >= 0.3 is 0 Å². The van der Waals surface area contributed by atoms with Crippen LogP contribution in [0.15, 0.2) is 71.8 Å². The van der Waals surface area contributed by atoms with Crippen LogP contribution in [0.2, 0.25) is 5.02 Å². The van der Waals surface area contributed by atoms with Gasteiger partial charge in [0.25, 0.3) is 5.91 Å². The molecule has 22 heavy (non-hydrogen) atoms. The summed E-state index contributed by atoms with van der Waals surface area (Å²) in [6, 6.07) is 20.7. The average Bonchev–Trinajstić information content (AvgIpc) is 2.54. The van der Waals surface area contributed by atoms with Crippen LogP contribution in [0.5, 0.6) is 0 Å². The number of carbonyl (C=O) groups excluding carboxylic acids is 1. The zero-order chi connectivity index (χ0) is 15.4. The van der Waals surface area contributed by atoms with E-state index in [0.29, 0.717) is 10.6 Å². The zero-order valence-corrected chi connectivity index (χ0v) is 12.4. The SMILES string of the molecule is O=C(N/N=C\c1cccc(Cl)c1)c1ccc2ccccc2c1. The van der Waals surface area contributed by atoms with Gasteiger partial charge in [-0.25, -0.2) is 5.43 Å². The molecular weight excluding hydrogens is 296 g/mol. The molecule has 0 unspecified atom stereocenters. The summed E-state index contributed by atoms with van der Waals surface area (Å²) in [4.78, 5) is 12.1. The van der Waals surface area contributed by atoms with E-state index in [1.165, 1.54) is 0 Å². The molecule has 1 amide bonds. The van der Waals surface area contributed by atoms with E-state index >= 15 is 0 Å². The summed E-state index contributed by atoms with van der Waals surface area (Å²) in [5.74, 6) is -0.246. The van der Waals surface area contributed by atoms with Crippen molar-refractivity contribution in [3.63, 3.8) is 0 Å². The predicted molar refractivity (Wildman–Crippen MR) is 90.5 cm³/mol. The first-order valence-electron chi connectivity index (χ1n) is 6.80. The van der Waals surface area contributed by atoms with Gasteiger partial charge in [-0.2, -0.15) is 5.10 Å². The summed E-state index contributed by atoms with van der Waals surface area (Å²) in [6.07, 6.45) is 1.56. The Morgan fingerprint density at radius 2 is 1.77 bits per heavy atom. The van der Waals surface area contributed by atoms with Crippen LogP contribution in [0.25, 0.3) is 10.8 Å². The Labute approximate surface area is 133 Å². The summed E-state index contributed by atoms with van der Waals surface area (Å²) in [6.45, 7) is 0. The van der Waals surface area contributed by atoms with Crippen molar-refractivity contribution in [2.75, 3.05) is 0 Å². The molecule has 3 nitrogen and oxygen atoms in total. The minimum atomic E-state index is -0.246. The second-order valence-corrected chi connectivity index (χ2v) is 5.25. The van der Waals surface area contributed by atoms with Crippen LogP contribution < -0.4 is 5.43 Å². The second kappa shape index (κ2) is 6.41. The number of carbonyl (C=O) groups is 1. The predicted octanol–water partition coefficient (Wildman–Crippen LogP) is 4.26. The number of hydrazone groups is 1. The van der Waals surface area contributed by atoms with E-state index in [9.17, 15) is 4.79 Å². The smallest absolute Gasteiger partial charge is 0.267 e. The second-order valence-electron chi connectivity index (χ2n) is 4.82. The minimum absolute atomic E-state index is 0.246. The van der Waals surface area contributed by atoms with E-state index in [0.717, 1.165) is 16.3 Å². The molecule has 0 aromatic heterocycles. The van der Waals surface area contributed by atoms with E-state index in [4.69, 9.17) is 11.6 Å². The molecule has 3 aromatic carbocycles. The third kappa shape index (κ3) is 3.32. The van der Waals surface area contributed by atoms with Gasteiger partial charge in [0.05, 0.1) is 6.21 Å². The highest BCUT2D eigenvalue weighted by molar-refractivity contribution is 6.30. The molecule has 0 aliphatic carbocycles. The summed E-state index contributed by atoms with van der Waals surface area (Å²) >= 11 is 5.89. The highest BCUT2D eigenvalue weighted by Crippen LogP contribution is 2.15. The van der Waals surface area contributed by atoms with Gasteiger partial charge in [-0.15, -0.1) is 0 Å². The molecule has 0 saturated heterocycles. The fourth-order valence-corrected chi connectivity index (χ4v) is 2.35. The van der Waals surface area contributed by atoms with Crippen LogP contribution in [-0.2, 0) is 0 Å². The fraction of sp³-hybridized carbons (Fsp3) is 0. The first kappa shape index (κ1) is 14.3. The number of halogens is 1. The maximum absolute atomic E-state index is 12.1. The number of fused-ring (bicyclic) bond motifs is 1. The van der Waals surface area contributed by atoms with E-state index in [-0.39, 0.29) is 5.91 Å². The first-order chi connectivity index (χ1) is 10.7. The van der Waals surface area contributed by atoms with Crippen molar-refractivity contribution in [1.29, 1.82) is 0 Å². The average molecular weight is 309 g/mol. The van der Waals surface area contributed by atoms with Crippen molar-refractivity contribution in [1.82, 2.24) is 5.43 Å². The Balaban J connectivity index is 1.73. The minimum Gasteiger partial charge on any atom is -0.267 e. The molecule has 108 valence electrons. The Hall–Kier alpha value is -2.65. The van der Waals surface area contributed by atoms with Crippen molar-refractivity contribution in [3.8, 4) is 0 Å². The Bertz CT molecular complexity index is 858. The van der Waals surface area contributed by atoms with Crippen LogP contribution in [0.3, 0.4) is 0 Å². The van der Waals surface area contributed by atoms with Crippen LogP contribution in [0.4, 0.5) is 0 Å². The molecule has 1 N–H and O–H groups in total. The molecule has 0 spiro atoms. The highest BCUT2D eigenvalue weighted by atomic mass is 35.5. The van der Waals surface area contributed by atoms with Crippen LogP contribution in [0.1, 0.15) is 15.9 Å². The Morgan fingerprint density at radius 1 is 0.955 bits per heavy atom.